The molecular weight excluding hydrogens is 370 g/mol. The summed E-state index contributed by atoms with van der Waals surface area (Å²) in [6.45, 7) is -0.276. The van der Waals surface area contributed by atoms with Crippen LogP contribution in [0.4, 0.5) is 0 Å². The van der Waals surface area contributed by atoms with E-state index in [9.17, 15) is 9.59 Å². The molecule has 142 valence electrons. The van der Waals surface area contributed by atoms with E-state index in [1.54, 1.807) is 11.3 Å². The summed E-state index contributed by atoms with van der Waals surface area (Å²) in [4.78, 5) is 26.2. The van der Waals surface area contributed by atoms with Crippen LogP contribution in [0.15, 0.2) is 78.2 Å². The van der Waals surface area contributed by atoms with Crippen molar-refractivity contribution in [3.8, 4) is 0 Å². The van der Waals surface area contributed by atoms with Crippen LogP contribution in [0.2, 0.25) is 0 Å². The molecule has 1 aliphatic rings. The predicted molar refractivity (Wildman–Crippen MR) is 109 cm³/mol. The van der Waals surface area contributed by atoms with Gasteiger partial charge in [0.15, 0.2) is 6.61 Å². The smallest absolute Gasteiger partial charge is 0.317 e. The Morgan fingerprint density at radius 2 is 1.64 bits per heavy atom. The molecule has 1 amide bonds. The lowest BCUT2D eigenvalue weighted by molar-refractivity contribution is -0.151. The molecule has 3 aromatic rings. The number of thiophene rings is 1. The first-order chi connectivity index (χ1) is 13.7. The zero-order chi connectivity index (χ0) is 19.4. The highest BCUT2D eigenvalue weighted by Gasteiger charge is 2.52. The normalized spacial score (nSPS) is 15.4. The lowest BCUT2D eigenvalue weighted by atomic mass is 9.96. The van der Waals surface area contributed by atoms with E-state index in [0.717, 1.165) is 28.8 Å². The van der Waals surface area contributed by atoms with Gasteiger partial charge in [-0.05, 0) is 35.4 Å². The van der Waals surface area contributed by atoms with Gasteiger partial charge in [0.1, 0.15) is 0 Å². The summed E-state index contributed by atoms with van der Waals surface area (Å²) in [6, 6.07) is 23.1. The van der Waals surface area contributed by atoms with Gasteiger partial charge in [-0.3, -0.25) is 9.59 Å². The summed E-state index contributed by atoms with van der Waals surface area (Å²) in [5.74, 6) is -0.624. The van der Waals surface area contributed by atoms with Crippen LogP contribution >= 0.6 is 11.3 Å². The molecular formula is C23H21NO3S. The Kier molecular flexibility index (Phi) is 5.26. The van der Waals surface area contributed by atoms with Gasteiger partial charge in [-0.1, -0.05) is 66.7 Å². The lowest BCUT2D eigenvalue weighted by Gasteiger charge is -2.19. The number of esters is 1. The standard InChI is InChI=1S/C23H21NO3S/c25-20(16-27-22(26)23(13-14-23)18-10-5-2-6-11-18)24-21(19-12-7-15-28-19)17-8-3-1-4-9-17/h1-12,15,21H,13-14,16H2,(H,24,25)/t21-/m1/s1. The number of nitrogens with one attached hydrogen (secondary N) is 1. The largest absolute Gasteiger partial charge is 0.455 e. The highest BCUT2D eigenvalue weighted by molar-refractivity contribution is 7.10. The molecule has 0 bridgehead atoms. The molecule has 5 heteroatoms. The third kappa shape index (κ3) is 3.85. The molecule has 1 aliphatic carbocycles. The molecule has 0 unspecified atom stereocenters. The number of benzene rings is 2. The molecule has 1 heterocycles. The van der Waals surface area contributed by atoms with E-state index in [4.69, 9.17) is 4.74 Å². The maximum Gasteiger partial charge on any atom is 0.317 e. The third-order valence-corrected chi connectivity index (χ3v) is 6.00. The van der Waals surface area contributed by atoms with Crippen molar-refractivity contribution >= 4 is 23.2 Å². The van der Waals surface area contributed by atoms with E-state index in [-0.39, 0.29) is 24.5 Å². The molecule has 1 N–H and O–H groups in total. The van der Waals surface area contributed by atoms with Crippen LogP contribution in [0.25, 0.3) is 0 Å². The van der Waals surface area contributed by atoms with Gasteiger partial charge >= 0.3 is 5.97 Å². The van der Waals surface area contributed by atoms with Crippen LogP contribution in [0.1, 0.15) is 34.9 Å². The van der Waals surface area contributed by atoms with Gasteiger partial charge < -0.3 is 10.1 Å². The van der Waals surface area contributed by atoms with E-state index in [0.29, 0.717) is 0 Å². The summed E-state index contributed by atoms with van der Waals surface area (Å²) < 4.78 is 5.39. The monoisotopic (exact) mass is 391 g/mol. The number of amides is 1. The summed E-state index contributed by atoms with van der Waals surface area (Å²) in [6.07, 6.45) is 1.53. The summed E-state index contributed by atoms with van der Waals surface area (Å²) in [5.41, 5.74) is 1.38. The number of hydrogen-bond donors (Lipinski definition) is 1. The van der Waals surface area contributed by atoms with Crippen molar-refractivity contribution in [1.29, 1.82) is 0 Å². The third-order valence-electron chi connectivity index (χ3n) is 5.07. The van der Waals surface area contributed by atoms with Crippen molar-refractivity contribution in [2.75, 3.05) is 6.61 Å². The van der Waals surface area contributed by atoms with E-state index >= 15 is 0 Å². The highest BCUT2D eigenvalue weighted by atomic mass is 32.1. The van der Waals surface area contributed by atoms with Crippen LogP contribution < -0.4 is 5.32 Å². The number of ether oxygens (including phenoxy) is 1. The predicted octanol–water partition coefficient (Wildman–Crippen LogP) is 4.23. The molecule has 0 radical (unpaired) electrons. The molecule has 0 spiro atoms. The molecule has 1 atom stereocenters. The topological polar surface area (TPSA) is 55.4 Å². The van der Waals surface area contributed by atoms with E-state index in [1.807, 2.05) is 78.2 Å². The Morgan fingerprint density at radius 1 is 0.964 bits per heavy atom. The minimum Gasteiger partial charge on any atom is -0.455 e. The summed E-state index contributed by atoms with van der Waals surface area (Å²) >= 11 is 1.58. The Hall–Kier alpha value is -2.92. The first-order valence-electron chi connectivity index (χ1n) is 9.29. The fraction of sp³-hybridized carbons (Fsp3) is 0.217. The van der Waals surface area contributed by atoms with Crippen LogP contribution in [0, 0.1) is 0 Å². The molecule has 1 fully saturated rings. The minimum atomic E-state index is -0.575. The van der Waals surface area contributed by atoms with E-state index in [1.165, 1.54) is 0 Å². The summed E-state index contributed by atoms with van der Waals surface area (Å²) in [5, 5.41) is 4.98. The van der Waals surface area contributed by atoms with Gasteiger partial charge in [-0.15, -0.1) is 11.3 Å². The van der Waals surface area contributed by atoms with Gasteiger partial charge in [0, 0.05) is 4.88 Å². The Labute approximate surface area is 168 Å². The molecule has 0 aliphatic heterocycles. The van der Waals surface area contributed by atoms with Crippen molar-refractivity contribution in [3.63, 3.8) is 0 Å². The van der Waals surface area contributed by atoms with Gasteiger partial charge in [0.25, 0.3) is 5.91 Å². The molecule has 0 saturated heterocycles. The number of carbonyl (C=O) groups is 2. The average Bonchev–Trinajstić information content (AvgIpc) is 3.39. The van der Waals surface area contributed by atoms with Crippen molar-refractivity contribution < 1.29 is 14.3 Å². The van der Waals surface area contributed by atoms with Crippen LogP contribution in [-0.2, 0) is 19.7 Å². The SMILES string of the molecule is O=C(COC(=O)C1(c2ccccc2)CC1)N[C@H](c1ccccc1)c1cccs1. The molecule has 4 rings (SSSR count). The lowest BCUT2D eigenvalue weighted by Crippen LogP contribution is -2.34. The van der Waals surface area contributed by atoms with Gasteiger partial charge in [-0.2, -0.15) is 0 Å². The van der Waals surface area contributed by atoms with Gasteiger partial charge in [0.05, 0.1) is 11.5 Å². The quantitative estimate of drug-likeness (QED) is 0.613. The highest BCUT2D eigenvalue weighted by Crippen LogP contribution is 2.49. The van der Waals surface area contributed by atoms with Gasteiger partial charge in [-0.25, -0.2) is 0 Å². The second-order valence-corrected chi connectivity index (χ2v) is 7.93. The molecule has 28 heavy (non-hydrogen) atoms. The zero-order valence-electron chi connectivity index (χ0n) is 15.3. The van der Waals surface area contributed by atoms with Crippen molar-refractivity contribution in [1.82, 2.24) is 5.32 Å². The first kappa shape index (κ1) is 18.4. The fourth-order valence-corrected chi connectivity index (χ4v) is 4.19. The van der Waals surface area contributed by atoms with E-state index in [2.05, 4.69) is 5.32 Å². The molecule has 1 saturated carbocycles. The van der Waals surface area contributed by atoms with Crippen molar-refractivity contribution in [2.24, 2.45) is 0 Å². The number of carbonyl (C=O) groups excluding carboxylic acids is 2. The van der Waals surface area contributed by atoms with Gasteiger partial charge in [0.2, 0.25) is 0 Å². The van der Waals surface area contributed by atoms with Crippen molar-refractivity contribution in [3.05, 3.63) is 94.2 Å². The Morgan fingerprint density at radius 3 is 2.25 bits per heavy atom. The average molecular weight is 391 g/mol. The first-order valence-corrected chi connectivity index (χ1v) is 10.2. The maximum absolute atomic E-state index is 12.6. The van der Waals surface area contributed by atoms with Crippen LogP contribution in [-0.4, -0.2) is 18.5 Å². The van der Waals surface area contributed by atoms with E-state index < -0.39 is 5.41 Å². The minimum absolute atomic E-state index is 0.253. The zero-order valence-corrected chi connectivity index (χ0v) is 16.2. The second-order valence-electron chi connectivity index (χ2n) is 6.95. The van der Waals surface area contributed by atoms with Crippen LogP contribution in [0.5, 0.6) is 0 Å². The second kappa shape index (κ2) is 7.98. The molecule has 4 nitrogen and oxygen atoms in total. The van der Waals surface area contributed by atoms with Crippen molar-refractivity contribution in [2.45, 2.75) is 24.3 Å². The molecule has 1 aromatic heterocycles. The maximum atomic E-state index is 12.6. The Bertz CT molecular complexity index is 935. The summed E-state index contributed by atoms with van der Waals surface area (Å²) in [7, 11) is 0. The number of hydrogen-bond acceptors (Lipinski definition) is 4. The Balaban J connectivity index is 1.40. The fourth-order valence-electron chi connectivity index (χ4n) is 3.38. The number of rotatable bonds is 7. The van der Waals surface area contributed by atoms with Crippen LogP contribution in [0.3, 0.4) is 0 Å². The molecule has 2 aromatic carbocycles.